The second-order valence-corrected chi connectivity index (χ2v) is 3.35. The van der Waals surface area contributed by atoms with Gasteiger partial charge in [0.2, 0.25) is 5.50 Å². The van der Waals surface area contributed by atoms with Crippen LogP contribution in [0.1, 0.15) is 10.4 Å². The van der Waals surface area contributed by atoms with Crippen molar-refractivity contribution in [3.8, 4) is 0 Å². The lowest BCUT2D eigenvalue weighted by molar-refractivity contribution is 0.0697. The van der Waals surface area contributed by atoms with Gasteiger partial charge in [0.1, 0.15) is 0 Å². The Balaban J connectivity index is 2.29. The number of aromatic carboxylic acids is 1. The summed E-state index contributed by atoms with van der Waals surface area (Å²) in [5.74, 6) is -0.972. The third-order valence-corrected chi connectivity index (χ3v) is 2.25. The number of hydrogen-bond acceptors (Lipinski definition) is 6. The minimum atomic E-state index is -0.972. The SMILES string of the molecule is O=C(O)c1cccc(N2NN=NC2S)c1. The monoisotopic (exact) mass is 224 g/mol. The molecule has 0 fully saturated rings. The highest BCUT2D eigenvalue weighted by Gasteiger charge is 2.19. The lowest BCUT2D eigenvalue weighted by atomic mass is 10.2. The van der Waals surface area contributed by atoms with Crippen LogP contribution in [0.5, 0.6) is 0 Å². The Hall–Kier alpha value is -1.76. The number of carboxylic acids is 1. The fourth-order valence-corrected chi connectivity index (χ4v) is 1.45. The molecule has 78 valence electrons. The van der Waals surface area contributed by atoms with E-state index in [-0.39, 0.29) is 5.56 Å². The number of carbonyl (C=O) groups is 1. The fourth-order valence-electron chi connectivity index (χ4n) is 1.21. The lowest BCUT2D eigenvalue weighted by Gasteiger charge is -2.19. The highest BCUT2D eigenvalue weighted by atomic mass is 32.1. The first-order valence-corrected chi connectivity index (χ1v) is 4.66. The molecule has 0 radical (unpaired) electrons. The van der Waals surface area contributed by atoms with Crippen molar-refractivity contribution < 1.29 is 9.90 Å². The highest BCUT2D eigenvalue weighted by molar-refractivity contribution is 7.81. The van der Waals surface area contributed by atoms with Crippen molar-refractivity contribution in [2.24, 2.45) is 10.3 Å². The number of rotatable bonds is 2. The molecule has 0 aromatic heterocycles. The van der Waals surface area contributed by atoms with Crippen LogP contribution in [0, 0.1) is 0 Å². The molecule has 7 heteroatoms. The minimum absolute atomic E-state index is 0.210. The molecule has 1 atom stereocenters. The summed E-state index contributed by atoms with van der Waals surface area (Å²) < 4.78 is 0. The van der Waals surface area contributed by atoms with Crippen molar-refractivity contribution in [3.05, 3.63) is 29.8 Å². The summed E-state index contributed by atoms with van der Waals surface area (Å²) in [7, 11) is 0. The molecule has 15 heavy (non-hydrogen) atoms. The molecular weight excluding hydrogens is 216 g/mol. The van der Waals surface area contributed by atoms with Crippen LogP contribution in [-0.4, -0.2) is 16.6 Å². The zero-order chi connectivity index (χ0) is 10.8. The predicted octanol–water partition coefficient (Wildman–Crippen LogP) is 1.29. The molecular formula is C8H8N4O2S. The van der Waals surface area contributed by atoms with Gasteiger partial charge in [-0.15, -0.1) is 17.7 Å². The van der Waals surface area contributed by atoms with Gasteiger partial charge in [0.15, 0.2) is 0 Å². The Labute approximate surface area is 91.0 Å². The third kappa shape index (κ3) is 1.86. The quantitative estimate of drug-likeness (QED) is 0.661. The minimum Gasteiger partial charge on any atom is -0.478 e. The maximum absolute atomic E-state index is 10.7. The Morgan fingerprint density at radius 2 is 2.40 bits per heavy atom. The van der Waals surface area contributed by atoms with E-state index >= 15 is 0 Å². The Bertz CT molecular complexity index is 423. The maximum atomic E-state index is 10.7. The van der Waals surface area contributed by atoms with E-state index < -0.39 is 11.5 Å². The standard InChI is InChI=1S/C8H8N4O2S/c13-7(14)5-2-1-3-6(4-5)12-8(15)9-10-11-12/h1-4,8,15H,(H,9,11)(H,13,14). The van der Waals surface area contributed by atoms with Crippen molar-refractivity contribution in [1.82, 2.24) is 5.53 Å². The molecule has 1 aromatic carbocycles. The topological polar surface area (TPSA) is 77.3 Å². The Morgan fingerprint density at radius 1 is 1.60 bits per heavy atom. The molecule has 1 aromatic rings. The number of benzene rings is 1. The van der Waals surface area contributed by atoms with Crippen LogP contribution in [-0.2, 0) is 0 Å². The number of anilines is 1. The Kier molecular flexibility index (Phi) is 2.46. The van der Waals surface area contributed by atoms with Crippen LogP contribution in [0.2, 0.25) is 0 Å². The summed E-state index contributed by atoms with van der Waals surface area (Å²) in [5.41, 5.74) is 3.04. The van der Waals surface area contributed by atoms with Gasteiger partial charge in [-0.05, 0) is 18.2 Å². The number of nitrogens with one attached hydrogen (secondary N) is 1. The van der Waals surface area contributed by atoms with Crippen molar-refractivity contribution >= 4 is 24.3 Å². The number of nitrogens with zero attached hydrogens (tertiary/aromatic N) is 3. The Morgan fingerprint density at radius 3 is 3.00 bits per heavy atom. The molecule has 1 heterocycles. The summed E-state index contributed by atoms with van der Waals surface area (Å²) in [4.78, 5) is 10.7. The third-order valence-electron chi connectivity index (χ3n) is 1.92. The first-order valence-electron chi connectivity index (χ1n) is 4.14. The number of carboxylic acid groups (broad SMARTS) is 1. The number of thiol groups is 1. The number of hydrazine groups is 1. The first-order chi connectivity index (χ1) is 7.18. The summed E-state index contributed by atoms with van der Waals surface area (Å²) in [5, 5.41) is 17.7. The van der Waals surface area contributed by atoms with E-state index in [2.05, 4.69) is 28.5 Å². The summed E-state index contributed by atoms with van der Waals surface area (Å²) in [6.45, 7) is 0. The first kappa shape index (κ1) is 9.78. The summed E-state index contributed by atoms with van der Waals surface area (Å²) in [6.07, 6.45) is 0. The van der Waals surface area contributed by atoms with Gasteiger partial charge in [0.05, 0.1) is 11.3 Å². The van der Waals surface area contributed by atoms with E-state index in [9.17, 15) is 4.79 Å². The van der Waals surface area contributed by atoms with Crippen LogP contribution >= 0.6 is 12.6 Å². The van der Waals surface area contributed by atoms with Crippen LogP contribution < -0.4 is 10.5 Å². The fraction of sp³-hybridized carbons (Fsp3) is 0.125. The molecule has 0 spiro atoms. The average molecular weight is 224 g/mol. The van der Waals surface area contributed by atoms with Gasteiger partial charge in [0, 0.05) is 0 Å². The van der Waals surface area contributed by atoms with Crippen molar-refractivity contribution in [2.45, 2.75) is 5.50 Å². The molecule has 1 unspecified atom stereocenters. The van der Waals surface area contributed by atoms with Gasteiger partial charge < -0.3 is 5.11 Å². The van der Waals surface area contributed by atoms with Crippen molar-refractivity contribution in [3.63, 3.8) is 0 Å². The molecule has 2 N–H and O–H groups in total. The zero-order valence-electron chi connectivity index (χ0n) is 7.53. The molecule has 1 aliphatic rings. The van der Waals surface area contributed by atoms with E-state index in [1.807, 2.05) is 0 Å². The molecule has 6 nitrogen and oxygen atoms in total. The van der Waals surface area contributed by atoms with E-state index in [4.69, 9.17) is 5.11 Å². The van der Waals surface area contributed by atoms with E-state index in [0.29, 0.717) is 5.69 Å². The average Bonchev–Trinajstić information content (AvgIpc) is 2.64. The van der Waals surface area contributed by atoms with Gasteiger partial charge in [-0.25, -0.2) is 9.80 Å². The van der Waals surface area contributed by atoms with Crippen LogP contribution in [0.4, 0.5) is 5.69 Å². The van der Waals surface area contributed by atoms with E-state index in [1.165, 1.54) is 12.1 Å². The highest BCUT2D eigenvalue weighted by Crippen LogP contribution is 2.21. The largest absolute Gasteiger partial charge is 0.478 e. The van der Waals surface area contributed by atoms with Gasteiger partial charge in [-0.1, -0.05) is 11.3 Å². The van der Waals surface area contributed by atoms with Crippen LogP contribution in [0.3, 0.4) is 0 Å². The second-order valence-electron chi connectivity index (χ2n) is 2.89. The lowest BCUT2D eigenvalue weighted by Crippen LogP contribution is -2.34. The maximum Gasteiger partial charge on any atom is 0.335 e. The van der Waals surface area contributed by atoms with Gasteiger partial charge in [-0.2, -0.15) is 5.53 Å². The van der Waals surface area contributed by atoms with Gasteiger partial charge in [-0.3, -0.25) is 0 Å². The molecule has 0 bridgehead atoms. The molecule has 0 aliphatic carbocycles. The van der Waals surface area contributed by atoms with Crippen molar-refractivity contribution in [2.75, 3.05) is 5.01 Å². The second kappa shape index (κ2) is 3.77. The smallest absolute Gasteiger partial charge is 0.335 e. The predicted molar refractivity (Wildman–Crippen MR) is 56.6 cm³/mol. The van der Waals surface area contributed by atoms with E-state index in [0.717, 1.165) is 0 Å². The summed E-state index contributed by atoms with van der Waals surface area (Å²) in [6, 6.07) is 6.44. The molecule has 1 aliphatic heterocycles. The number of hydrogen-bond donors (Lipinski definition) is 3. The van der Waals surface area contributed by atoms with Crippen molar-refractivity contribution in [1.29, 1.82) is 0 Å². The molecule has 2 rings (SSSR count). The van der Waals surface area contributed by atoms with E-state index in [1.54, 1.807) is 17.1 Å². The zero-order valence-corrected chi connectivity index (χ0v) is 8.43. The molecule has 0 saturated carbocycles. The van der Waals surface area contributed by atoms with Crippen LogP contribution in [0.25, 0.3) is 0 Å². The molecule has 0 saturated heterocycles. The van der Waals surface area contributed by atoms with Gasteiger partial charge >= 0.3 is 5.97 Å². The normalized spacial score (nSPS) is 19.0. The summed E-state index contributed by atoms with van der Waals surface area (Å²) >= 11 is 4.14. The van der Waals surface area contributed by atoms with Crippen LogP contribution in [0.15, 0.2) is 34.6 Å². The molecule has 0 amide bonds. The van der Waals surface area contributed by atoms with Gasteiger partial charge in [0.25, 0.3) is 0 Å².